The number of nitrogens with one attached hydrogen (secondary N) is 1. The van der Waals surface area contributed by atoms with Gasteiger partial charge in [0.1, 0.15) is 5.69 Å². The maximum absolute atomic E-state index is 13.6. The molecule has 1 heterocycles. The van der Waals surface area contributed by atoms with E-state index in [4.69, 9.17) is 4.98 Å². The van der Waals surface area contributed by atoms with Gasteiger partial charge in [-0.3, -0.25) is 4.79 Å². The van der Waals surface area contributed by atoms with E-state index in [-0.39, 0.29) is 5.91 Å². The molecule has 0 aliphatic rings. The summed E-state index contributed by atoms with van der Waals surface area (Å²) in [7, 11) is 0. The van der Waals surface area contributed by atoms with Crippen LogP contribution < -0.4 is 5.32 Å². The third kappa shape index (κ3) is 5.88. The van der Waals surface area contributed by atoms with Crippen molar-refractivity contribution in [3.05, 3.63) is 82.0 Å². The number of pyridine rings is 1. The van der Waals surface area contributed by atoms with E-state index in [9.17, 15) is 4.79 Å². The molecule has 3 nitrogen and oxygen atoms in total. The number of carbonyl (C=O) groups excluding carboxylic acids is 1. The Hall–Kier alpha value is -2.94. The van der Waals surface area contributed by atoms with Crippen LogP contribution in [0.1, 0.15) is 137 Å². The van der Waals surface area contributed by atoms with E-state index in [1.54, 1.807) is 0 Å². The summed E-state index contributed by atoms with van der Waals surface area (Å²) in [4.78, 5) is 18.5. The number of rotatable bonds is 8. The topological polar surface area (TPSA) is 42.0 Å². The zero-order valence-electron chi connectivity index (χ0n) is 23.9. The molecule has 36 heavy (non-hydrogen) atoms. The van der Waals surface area contributed by atoms with Gasteiger partial charge in [-0.15, -0.1) is 0 Å². The monoisotopic (exact) mass is 484 g/mol. The highest BCUT2D eigenvalue weighted by Gasteiger charge is 2.22. The zero-order valence-corrected chi connectivity index (χ0v) is 23.9. The minimum absolute atomic E-state index is 0.164. The predicted molar refractivity (Wildman–Crippen MR) is 155 cm³/mol. The van der Waals surface area contributed by atoms with Gasteiger partial charge < -0.3 is 5.32 Å². The molecule has 0 bridgehead atoms. The Labute approximate surface area is 218 Å². The van der Waals surface area contributed by atoms with Gasteiger partial charge >= 0.3 is 0 Å². The first kappa shape index (κ1) is 27.6. The third-order valence-corrected chi connectivity index (χ3v) is 6.98. The SMILES string of the molecule is CC(C)c1cc(C(C)C)c(-c2cccc(C(=O)Nc3c(C(C)C)cccc3C(C)C)n2)c(C(C)C)c1. The standard InChI is InChI=1S/C33H44N2O/c1-19(2)24-17-27(22(7)8)31(28(18-24)23(9)10)29-15-12-16-30(34-29)33(36)35-32-25(20(3)4)13-11-14-26(32)21(5)6/h11-23H,1-10H3,(H,35,36). The summed E-state index contributed by atoms with van der Waals surface area (Å²) in [6.45, 7) is 22.1. The second kappa shape index (κ2) is 11.4. The highest BCUT2D eigenvalue weighted by atomic mass is 16.1. The lowest BCUT2D eigenvalue weighted by Crippen LogP contribution is -2.17. The van der Waals surface area contributed by atoms with Gasteiger partial charge in [0.15, 0.2) is 0 Å². The van der Waals surface area contributed by atoms with E-state index in [1.165, 1.54) is 22.3 Å². The molecule has 0 spiro atoms. The Morgan fingerprint density at radius 2 is 1.11 bits per heavy atom. The first-order valence-corrected chi connectivity index (χ1v) is 13.5. The molecule has 0 fully saturated rings. The summed E-state index contributed by atoms with van der Waals surface area (Å²) >= 11 is 0. The van der Waals surface area contributed by atoms with Crippen molar-refractivity contribution in [2.75, 3.05) is 5.32 Å². The van der Waals surface area contributed by atoms with Gasteiger partial charge in [-0.2, -0.15) is 0 Å². The van der Waals surface area contributed by atoms with Crippen molar-refractivity contribution in [2.24, 2.45) is 0 Å². The summed E-state index contributed by atoms with van der Waals surface area (Å²) in [6, 6.07) is 16.8. The minimum Gasteiger partial charge on any atom is -0.320 e. The van der Waals surface area contributed by atoms with Gasteiger partial charge in [0.05, 0.1) is 5.69 Å². The van der Waals surface area contributed by atoms with Crippen molar-refractivity contribution >= 4 is 11.6 Å². The summed E-state index contributed by atoms with van der Waals surface area (Å²) in [5.41, 5.74) is 9.65. The van der Waals surface area contributed by atoms with Crippen molar-refractivity contribution in [3.8, 4) is 11.3 Å². The molecular weight excluding hydrogens is 440 g/mol. The molecule has 2 aromatic carbocycles. The van der Waals surface area contributed by atoms with Crippen LogP contribution in [0.25, 0.3) is 11.3 Å². The Balaban J connectivity index is 2.12. The zero-order chi connectivity index (χ0) is 26.7. The molecule has 1 N–H and O–H groups in total. The van der Waals surface area contributed by atoms with Gasteiger partial charge in [0, 0.05) is 11.3 Å². The first-order valence-electron chi connectivity index (χ1n) is 13.5. The molecule has 3 heteroatoms. The van der Waals surface area contributed by atoms with Crippen LogP contribution in [-0.4, -0.2) is 10.9 Å². The second-order valence-corrected chi connectivity index (χ2v) is 11.5. The smallest absolute Gasteiger partial charge is 0.274 e. The number of carbonyl (C=O) groups is 1. The first-order chi connectivity index (χ1) is 16.9. The van der Waals surface area contributed by atoms with Gasteiger partial charge in [-0.25, -0.2) is 4.98 Å². The lowest BCUT2D eigenvalue weighted by Gasteiger charge is -2.23. The number of anilines is 1. The largest absolute Gasteiger partial charge is 0.320 e. The third-order valence-electron chi connectivity index (χ3n) is 6.98. The quantitative estimate of drug-likeness (QED) is 0.346. The molecule has 3 rings (SSSR count). The Morgan fingerprint density at radius 1 is 0.639 bits per heavy atom. The number of nitrogens with zero attached hydrogens (tertiary/aromatic N) is 1. The molecule has 1 amide bonds. The average molecular weight is 485 g/mol. The lowest BCUT2D eigenvalue weighted by atomic mass is 9.83. The van der Waals surface area contributed by atoms with Gasteiger partial charge in [-0.05, 0) is 69.5 Å². The molecule has 192 valence electrons. The number of amides is 1. The fraction of sp³-hybridized carbons (Fsp3) is 0.455. The normalized spacial score (nSPS) is 11.9. The molecular formula is C33H44N2O. The van der Waals surface area contributed by atoms with E-state index in [2.05, 4.69) is 105 Å². The molecule has 0 saturated carbocycles. The summed E-state index contributed by atoms with van der Waals surface area (Å²) in [5.74, 6) is 1.60. The van der Waals surface area contributed by atoms with Crippen LogP contribution >= 0.6 is 0 Å². The Morgan fingerprint density at radius 3 is 1.56 bits per heavy atom. The summed E-state index contributed by atoms with van der Waals surface area (Å²) in [6.07, 6.45) is 0. The van der Waals surface area contributed by atoms with Gasteiger partial charge in [0.25, 0.3) is 5.91 Å². The van der Waals surface area contributed by atoms with Crippen molar-refractivity contribution in [1.82, 2.24) is 4.98 Å². The Bertz CT molecular complexity index is 1160. The van der Waals surface area contributed by atoms with Gasteiger partial charge in [0.2, 0.25) is 0 Å². The molecule has 0 radical (unpaired) electrons. The summed E-state index contributed by atoms with van der Waals surface area (Å²) in [5, 5.41) is 3.23. The molecule has 0 saturated heterocycles. The molecule has 0 atom stereocenters. The molecule has 0 aliphatic carbocycles. The maximum atomic E-state index is 13.6. The van der Waals surface area contributed by atoms with E-state index >= 15 is 0 Å². The minimum atomic E-state index is -0.164. The number of hydrogen-bond donors (Lipinski definition) is 1. The van der Waals surface area contributed by atoms with Crippen molar-refractivity contribution in [1.29, 1.82) is 0 Å². The van der Waals surface area contributed by atoms with Crippen LogP contribution in [-0.2, 0) is 0 Å². The van der Waals surface area contributed by atoms with Crippen LogP contribution in [0.3, 0.4) is 0 Å². The fourth-order valence-electron chi connectivity index (χ4n) is 4.82. The molecule has 3 aromatic rings. The van der Waals surface area contributed by atoms with E-state index in [1.807, 2.05) is 18.2 Å². The van der Waals surface area contributed by atoms with Crippen molar-refractivity contribution in [2.45, 2.75) is 98.8 Å². The van der Waals surface area contributed by atoms with Crippen LogP contribution in [0.2, 0.25) is 0 Å². The summed E-state index contributed by atoms with van der Waals surface area (Å²) < 4.78 is 0. The van der Waals surface area contributed by atoms with Crippen LogP contribution in [0.4, 0.5) is 5.69 Å². The predicted octanol–water partition coefficient (Wildman–Crippen LogP) is 9.62. The molecule has 1 aromatic heterocycles. The van der Waals surface area contributed by atoms with Gasteiger partial charge in [-0.1, -0.05) is 106 Å². The maximum Gasteiger partial charge on any atom is 0.274 e. The fourth-order valence-corrected chi connectivity index (χ4v) is 4.82. The van der Waals surface area contributed by atoms with Crippen LogP contribution in [0.15, 0.2) is 48.5 Å². The number of aromatic nitrogens is 1. The lowest BCUT2D eigenvalue weighted by molar-refractivity contribution is 0.102. The highest BCUT2D eigenvalue weighted by molar-refractivity contribution is 6.04. The highest BCUT2D eigenvalue weighted by Crippen LogP contribution is 2.38. The van der Waals surface area contributed by atoms with Crippen LogP contribution in [0, 0.1) is 0 Å². The van der Waals surface area contributed by atoms with Crippen LogP contribution in [0.5, 0.6) is 0 Å². The van der Waals surface area contributed by atoms with E-state index < -0.39 is 0 Å². The molecule has 0 aliphatic heterocycles. The van der Waals surface area contributed by atoms with Crippen molar-refractivity contribution < 1.29 is 4.79 Å². The number of para-hydroxylation sites is 1. The van der Waals surface area contributed by atoms with E-state index in [0.717, 1.165) is 22.5 Å². The van der Waals surface area contributed by atoms with E-state index in [0.29, 0.717) is 35.3 Å². The number of hydrogen-bond acceptors (Lipinski definition) is 2. The Kier molecular flexibility index (Phi) is 8.76. The molecule has 0 unspecified atom stereocenters. The van der Waals surface area contributed by atoms with Crippen molar-refractivity contribution in [3.63, 3.8) is 0 Å². The number of benzene rings is 2. The average Bonchev–Trinajstić information content (AvgIpc) is 2.82. The second-order valence-electron chi connectivity index (χ2n) is 11.5.